The molecule has 4 rings (SSSR count). The Bertz CT molecular complexity index is 941. The topological polar surface area (TPSA) is 87.7 Å². The number of urea groups is 1. The number of carbonyl (C=O) groups is 3. The SMILES string of the molecule is Cc1ccc(CNC(=O)CN2C(=O)N[C@@]3(CCOc4ccccc43)C2=O)cc1. The van der Waals surface area contributed by atoms with E-state index in [-0.39, 0.29) is 12.5 Å². The number of ether oxygens (including phenoxy) is 1. The van der Waals surface area contributed by atoms with Crippen molar-refractivity contribution in [3.05, 3.63) is 65.2 Å². The van der Waals surface area contributed by atoms with Gasteiger partial charge in [0, 0.05) is 18.5 Å². The molecule has 0 aliphatic carbocycles. The smallest absolute Gasteiger partial charge is 0.325 e. The molecule has 0 aromatic heterocycles. The first kappa shape index (κ1) is 18.0. The number of nitrogens with zero attached hydrogens (tertiary/aromatic N) is 1. The molecule has 2 N–H and O–H groups in total. The number of rotatable bonds is 4. The summed E-state index contributed by atoms with van der Waals surface area (Å²) in [7, 11) is 0. The van der Waals surface area contributed by atoms with E-state index >= 15 is 0 Å². The Labute approximate surface area is 162 Å². The summed E-state index contributed by atoms with van der Waals surface area (Å²) in [4.78, 5) is 38.9. The molecule has 2 aromatic rings. The highest BCUT2D eigenvalue weighted by Gasteiger charge is 2.55. The van der Waals surface area contributed by atoms with Crippen molar-refractivity contribution in [2.24, 2.45) is 0 Å². The predicted octanol–water partition coefficient (Wildman–Crippen LogP) is 1.84. The number of para-hydroxylation sites is 1. The Kier molecular flexibility index (Phi) is 4.50. The van der Waals surface area contributed by atoms with Gasteiger partial charge >= 0.3 is 6.03 Å². The van der Waals surface area contributed by atoms with Crippen LogP contribution in [0.3, 0.4) is 0 Å². The van der Waals surface area contributed by atoms with E-state index < -0.39 is 17.5 Å². The number of fused-ring (bicyclic) bond motifs is 2. The number of hydrogen-bond acceptors (Lipinski definition) is 4. The maximum Gasteiger partial charge on any atom is 0.325 e. The summed E-state index contributed by atoms with van der Waals surface area (Å²) in [5, 5.41) is 5.55. The molecule has 1 fully saturated rings. The Hall–Kier alpha value is -3.35. The van der Waals surface area contributed by atoms with E-state index in [1.54, 1.807) is 18.2 Å². The summed E-state index contributed by atoms with van der Waals surface area (Å²) < 4.78 is 5.60. The molecule has 2 aliphatic rings. The molecular weight excluding hydrogens is 358 g/mol. The van der Waals surface area contributed by atoms with Gasteiger partial charge in [-0.25, -0.2) is 4.79 Å². The predicted molar refractivity (Wildman–Crippen MR) is 102 cm³/mol. The van der Waals surface area contributed by atoms with E-state index in [4.69, 9.17) is 4.74 Å². The zero-order chi connectivity index (χ0) is 19.7. The van der Waals surface area contributed by atoms with Crippen LogP contribution < -0.4 is 15.4 Å². The van der Waals surface area contributed by atoms with Crippen LogP contribution in [0.25, 0.3) is 0 Å². The molecule has 144 valence electrons. The Morgan fingerprint density at radius 3 is 2.71 bits per heavy atom. The van der Waals surface area contributed by atoms with Gasteiger partial charge in [0.1, 0.15) is 12.3 Å². The average Bonchev–Trinajstić information content (AvgIpc) is 2.93. The highest BCUT2D eigenvalue weighted by molar-refractivity contribution is 6.09. The van der Waals surface area contributed by atoms with Crippen molar-refractivity contribution >= 4 is 17.8 Å². The molecular formula is C21H21N3O4. The van der Waals surface area contributed by atoms with Gasteiger partial charge in [0.15, 0.2) is 5.54 Å². The molecule has 28 heavy (non-hydrogen) atoms. The number of aryl methyl sites for hydroxylation is 1. The van der Waals surface area contributed by atoms with Gasteiger partial charge in [0.05, 0.1) is 6.61 Å². The number of imide groups is 1. The molecule has 1 saturated heterocycles. The normalized spacial score (nSPS) is 20.5. The van der Waals surface area contributed by atoms with Crippen LogP contribution in [0.2, 0.25) is 0 Å². The van der Waals surface area contributed by atoms with Crippen LogP contribution in [0.5, 0.6) is 5.75 Å². The Morgan fingerprint density at radius 2 is 1.93 bits per heavy atom. The molecule has 7 heteroatoms. The first-order valence-corrected chi connectivity index (χ1v) is 9.18. The second kappa shape index (κ2) is 6.99. The van der Waals surface area contributed by atoms with Gasteiger partial charge in [-0.1, -0.05) is 48.0 Å². The molecule has 2 aliphatic heterocycles. The minimum atomic E-state index is -1.16. The lowest BCUT2D eigenvalue weighted by molar-refractivity contribution is -0.136. The molecule has 1 spiro atoms. The van der Waals surface area contributed by atoms with Crippen LogP contribution >= 0.6 is 0 Å². The fraction of sp³-hybridized carbons (Fsp3) is 0.286. The molecule has 1 atom stereocenters. The van der Waals surface area contributed by atoms with E-state index in [1.807, 2.05) is 37.3 Å². The monoisotopic (exact) mass is 379 g/mol. The van der Waals surface area contributed by atoms with E-state index in [1.165, 1.54) is 0 Å². The number of benzene rings is 2. The molecule has 0 radical (unpaired) electrons. The van der Waals surface area contributed by atoms with Gasteiger partial charge in [-0.05, 0) is 18.6 Å². The first-order chi connectivity index (χ1) is 13.5. The quantitative estimate of drug-likeness (QED) is 0.794. The number of nitrogens with one attached hydrogen (secondary N) is 2. The Balaban J connectivity index is 1.46. The summed E-state index contributed by atoms with van der Waals surface area (Å²) in [5.74, 6) is -0.228. The van der Waals surface area contributed by atoms with Gasteiger partial charge in [-0.15, -0.1) is 0 Å². The molecule has 2 aromatic carbocycles. The highest BCUT2D eigenvalue weighted by atomic mass is 16.5. The summed E-state index contributed by atoms with van der Waals surface area (Å²) in [6.07, 6.45) is 0.329. The maximum atomic E-state index is 13.1. The summed E-state index contributed by atoms with van der Waals surface area (Å²) >= 11 is 0. The van der Waals surface area contributed by atoms with Gasteiger partial charge < -0.3 is 15.4 Å². The summed E-state index contributed by atoms with van der Waals surface area (Å²) in [6, 6.07) is 14.4. The number of hydrogen-bond donors (Lipinski definition) is 2. The van der Waals surface area contributed by atoms with Crippen LogP contribution in [0, 0.1) is 6.92 Å². The van der Waals surface area contributed by atoms with Crippen LogP contribution in [-0.2, 0) is 21.7 Å². The molecule has 0 unspecified atom stereocenters. The van der Waals surface area contributed by atoms with E-state index in [0.717, 1.165) is 16.0 Å². The van der Waals surface area contributed by atoms with Crippen LogP contribution in [0.4, 0.5) is 4.79 Å². The fourth-order valence-electron chi connectivity index (χ4n) is 3.62. The van der Waals surface area contributed by atoms with Crippen molar-refractivity contribution < 1.29 is 19.1 Å². The van der Waals surface area contributed by atoms with Crippen molar-refractivity contribution in [2.75, 3.05) is 13.2 Å². The molecule has 0 saturated carbocycles. The van der Waals surface area contributed by atoms with Gasteiger partial charge in [-0.3, -0.25) is 14.5 Å². The van der Waals surface area contributed by atoms with Crippen LogP contribution in [0.15, 0.2) is 48.5 Å². The van der Waals surface area contributed by atoms with Crippen LogP contribution in [-0.4, -0.2) is 35.9 Å². The minimum Gasteiger partial charge on any atom is -0.493 e. The van der Waals surface area contributed by atoms with Gasteiger partial charge in [-0.2, -0.15) is 0 Å². The zero-order valence-corrected chi connectivity index (χ0v) is 15.5. The number of carbonyl (C=O) groups excluding carboxylic acids is 3. The second-order valence-electron chi connectivity index (χ2n) is 7.08. The minimum absolute atomic E-state index is 0.316. The third-order valence-electron chi connectivity index (χ3n) is 5.17. The van der Waals surface area contributed by atoms with E-state index in [0.29, 0.717) is 30.9 Å². The lowest BCUT2D eigenvalue weighted by Crippen LogP contribution is -2.48. The lowest BCUT2D eigenvalue weighted by atomic mass is 9.84. The van der Waals surface area contributed by atoms with Gasteiger partial charge in [0.2, 0.25) is 5.91 Å². The number of amides is 4. The van der Waals surface area contributed by atoms with Crippen LogP contribution in [0.1, 0.15) is 23.1 Å². The van der Waals surface area contributed by atoms with Crippen molar-refractivity contribution in [3.63, 3.8) is 0 Å². The molecule has 4 amide bonds. The van der Waals surface area contributed by atoms with E-state index in [2.05, 4.69) is 10.6 Å². The maximum absolute atomic E-state index is 13.1. The van der Waals surface area contributed by atoms with Crippen molar-refractivity contribution in [3.8, 4) is 5.75 Å². The van der Waals surface area contributed by atoms with Gasteiger partial charge in [0.25, 0.3) is 5.91 Å². The molecule has 2 heterocycles. The molecule has 7 nitrogen and oxygen atoms in total. The highest BCUT2D eigenvalue weighted by Crippen LogP contribution is 2.40. The summed E-state index contributed by atoms with van der Waals surface area (Å²) in [5.41, 5.74) is 1.55. The first-order valence-electron chi connectivity index (χ1n) is 9.18. The third kappa shape index (κ3) is 3.09. The standard InChI is InChI=1S/C21H21N3O4/c1-14-6-8-15(9-7-14)12-22-18(25)13-24-19(26)21(23-20(24)27)10-11-28-17-5-3-2-4-16(17)21/h2-9H,10-13H2,1H3,(H,22,25)(H,23,27)/t21-/m1/s1. The van der Waals surface area contributed by atoms with Crippen molar-refractivity contribution in [1.29, 1.82) is 0 Å². The summed E-state index contributed by atoms with van der Waals surface area (Å²) in [6.45, 7) is 2.33. The lowest BCUT2D eigenvalue weighted by Gasteiger charge is -2.33. The van der Waals surface area contributed by atoms with Crippen molar-refractivity contribution in [2.45, 2.75) is 25.4 Å². The Morgan fingerprint density at radius 1 is 1.18 bits per heavy atom. The largest absolute Gasteiger partial charge is 0.493 e. The molecule has 0 bridgehead atoms. The third-order valence-corrected chi connectivity index (χ3v) is 5.17. The average molecular weight is 379 g/mol. The van der Waals surface area contributed by atoms with E-state index in [9.17, 15) is 14.4 Å². The van der Waals surface area contributed by atoms with Crippen molar-refractivity contribution in [1.82, 2.24) is 15.5 Å². The zero-order valence-electron chi connectivity index (χ0n) is 15.5. The second-order valence-corrected chi connectivity index (χ2v) is 7.08. The fourth-order valence-corrected chi connectivity index (χ4v) is 3.62.